The molecular weight excluding hydrogens is 262 g/mol. The second-order valence-corrected chi connectivity index (χ2v) is 7.09. The summed E-state index contributed by atoms with van der Waals surface area (Å²) in [6.45, 7) is 1.11. The van der Waals surface area contributed by atoms with Crippen LogP contribution in [0.1, 0.15) is 48.8 Å². The molecule has 3 nitrogen and oxygen atoms in total. The molecule has 0 aromatic heterocycles. The predicted molar refractivity (Wildman–Crippen MR) is 81.5 cm³/mol. The van der Waals surface area contributed by atoms with Crippen molar-refractivity contribution < 1.29 is 9.90 Å². The molecule has 4 rings (SSSR count). The molecule has 0 radical (unpaired) electrons. The van der Waals surface area contributed by atoms with Crippen molar-refractivity contribution in [2.75, 3.05) is 6.54 Å². The molecule has 3 atom stereocenters. The largest absolute Gasteiger partial charge is 0.481 e. The Morgan fingerprint density at radius 3 is 3.10 bits per heavy atom. The number of piperidine rings is 1. The first kappa shape index (κ1) is 13.3. The van der Waals surface area contributed by atoms with Gasteiger partial charge in [-0.15, -0.1) is 0 Å². The molecule has 1 saturated heterocycles. The third kappa shape index (κ3) is 2.02. The van der Waals surface area contributed by atoms with E-state index >= 15 is 0 Å². The van der Waals surface area contributed by atoms with E-state index in [0.717, 1.165) is 24.4 Å². The van der Waals surface area contributed by atoms with Gasteiger partial charge in [0.25, 0.3) is 0 Å². The van der Waals surface area contributed by atoms with Crippen molar-refractivity contribution in [1.82, 2.24) is 5.32 Å². The minimum absolute atomic E-state index is 0.149. The number of carboxylic acids is 1. The Hall–Kier alpha value is -1.35. The second kappa shape index (κ2) is 4.84. The maximum Gasteiger partial charge on any atom is 0.307 e. The molecule has 1 aromatic rings. The summed E-state index contributed by atoms with van der Waals surface area (Å²) in [5.41, 5.74) is 4.25. The summed E-state index contributed by atoms with van der Waals surface area (Å²) in [6.07, 6.45) is 7.79. The molecule has 1 saturated carbocycles. The Morgan fingerprint density at radius 1 is 1.33 bits per heavy atom. The fourth-order valence-corrected chi connectivity index (χ4v) is 5.26. The van der Waals surface area contributed by atoms with E-state index in [-0.39, 0.29) is 6.42 Å². The summed E-state index contributed by atoms with van der Waals surface area (Å²) in [5.74, 6) is 0.0271. The molecule has 2 aliphatic carbocycles. The average molecular weight is 285 g/mol. The molecule has 112 valence electrons. The summed E-state index contributed by atoms with van der Waals surface area (Å²) >= 11 is 0. The Labute approximate surface area is 125 Å². The maximum atomic E-state index is 11.0. The minimum Gasteiger partial charge on any atom is -0.481 e. The number of aliphatic carboxylic acids is 1. The van der Waals surface area contributed by atoms with E-state index < -0.39 is 5.97 Å². The summed E-state index contributed by atoms with van der Waals surface area (Å²) in [6, 6.07) is 7.07. The maximum absolute atomic E-state index is 11.0. The number of hydrogen-bond acceptors (Lipinski definition) is 2. The SMILES string of the molecule is O=C(O)Cc1ccc2c(c1)[C@]13CCCC[C@@H]1[C@@H](C2)NCC3. The van der Waals surface area contributed by atoms with Gasteiger partial charge in [0.05, 0.1) is 6.42 Å². The van der Waals surface area contributed by atoms with E-state index in [1.165, 1.54) is 43.2 Å². The Bertz CT molecular complexity index is 579. The predicted octanol–water partition coefficient (Wildman–Crippen LogP) is 2.66. The van der Waals surface area contributed by atoms with Crippen LogP contribution in [0.3, 0.4) is 0 Å². The van der Waals surface area contributed by atoms with E-state index in [0.29, 0.717) is 11.5 Å². The lowest BCUT2D eigenvalue weighted by Gasteiger charge is -2.56. The minimum atomic E-state index is -0.730. The summed E-state index contributed by atoms with van der Waals surface area (Å²) in [7, 11) is 0. The van der Waals surface area contributed by atoms with Crippen molar-refractivity contribution >= 4 is 5.97 Å². The van der Waals surface area contributed by atoms with Gasteiger partial charge < -0.3 is 10.4 Å². The van der Waals surface area contributed by atoms with Crippen LogP contribution in [0.2, 0.25) is 0 Å². The average Bonchev–Trinajstić information content (AvgIpc) is 2.47. The van der Waals surface area contributed by atoms with E-state index in [1.807, 2.05) is 6.07 Å². The van der Waals surface area contributed by atoms with Crippen molar-refractivity contribution in [2.45, 2.75) is 56.4 Å². The van der Waals surface area contributed by atoms with Crippen LogP contribution in [0.15, 0.2) is 18.2 Å². The van der Waals surface area contributed by atoms with Crippen molar-refractivity contribution in [3.05, 3.63) is 34.9 Å². The molecule has 2 N–H and O–H groups in total. The quantitative estimate of drug-likeness (QED) is 0.878. The van der Waals surface area contributed by atoms with Gasteiger partial charge in [0.2, 0.25) is 0 Å². The molecule has 1 aliphatic heterocycles. The first-order valence-corrected chi connectivity index (χ1v) is 8.26. The smallest absolute Gasteiger partial charge is 0.307 e. The van der Waals surface area contributed by atoms with E-state index in [9.17, 15) is 4.79 Å². The van der Waals surface area contributed by atoms with Crippen LogP contribution >= 0.6 is 0 Å². The van der Waals surface area contributed by atoms with Gasteiger partial charge in [0, 0.05) is 11.5 Å². The number of carboxylic acid groups (broad SMARTS) is 1. The van der Waals surface area contributed by atoms with Crippen LogP contribution in [0.4, 0.5) is 0 Å². The van der Waals surface area contributed by atoms with E-state index in [2.05, 4.69) is 17.4 Å². The molecule has 0 unspecified atom stereocenters. The normalized spacial score (nSPS) is 33.9. The summed E-state index contributed by atoms with van der Waals surface area (Å²) < 4.78 is 0. The zero-order valence-corrected chi connectivity index (χ0v) is 12.4. The van der Waals surface area contributed by atoms with Crippen molar-refractivity contribution in [1.29, 1.82) is 0 Å². The first-order chi connectivity index (χ1) is 10.2. The van der Waals surface area contributed by atoms with Crippen LogP contribution in [0.25, 0.3) is 0 Å². The number of benzene rings is 1. The number of fused-ring (bicyclic) bond motifs is 1. The van der Waals surface area contributed by atoms with Gasteiger partial charge >= 0.3 is 5.97 Å². The van der Waals surface area contributed by atoms with Gasteiger partial charge in [-0.2, -0.15) is 0 Å². The van der Waals surface area contributed by atoms with Gasteiger partial charge in [-0.05, 0) is 54.8 Å². The van der Waals surface area contributed by atoms with Crippen LogP contribution in [0, 0.1) is 5.92 Å². The molecule has 21 heavy (non-hydrogen) atoms. The molecule has 1 heterocycles. The van der Waals surface area contributed by atoms with Crippen LogP contribution in [-0.4, -0.2) is 23.7 Å². The van der Waals surface area contributed by atoms with Crippen LogP contribution in [0.5, 0.6) is 0 Å². The van der Waals surface area contributed by atoms with Crippen molar-refractivity contribution in [3.63, 3.8) is 0 Å². The highest BCUT2D eigenvalue weighted by Gasteiger charge is 2.51. The standard InChI is InChI=1S/C18H23NO2/c20-17(21)10-12-4-5-13-11-16-14-3-1-2-6-18(14,7-8-19-16)15(13)9-12/h4-5,9,14,16,19H,1-3,6-8,10-11H2,(H,20,21)/t14-,16-,18+/m1/s1. The number of nitrogens with one attached hydrogen (secondary N) is 1. The van der Waals surface area contributed by atoms with E-state index in [4.69, 9.17) is 5.11 Å². The number of rotatable bonds is 2. The van der Waals surface area contributed by atoms with Gasteiger partial charge in [0.1, 0.15) is 0 Å². The molecule has 2 fully saturated rings. The lowest BCUT2D eigenvalue weighted by Crippen LogP contribution is -2.59. The number of carbonyl (C=O) groups is 1. The van der Waals surface area contributed by atoms with Crippen molar-refractivity contribution in [2.24, 2.45) is 5.92 Å². The molecule has 0 spiro atoms. The van der Waals surface area contributed by atoms with Gasteiger partial charge in [-0.1, -0.05) is 31.0 Å². The second-order valence-electron chi connectivity index (χ2n) is 7.09. The van der Waals surface area contributed by atoms with Crippen LogP contribution < -0.4 is 5.32 Å². The lowest BCUT2D eigenvalue weighted by molar-refractivity contribution is -0.136. The van der Waals surface area contributed by atoms with Crippen LogP contribution in [-0.2, 0) is 23.1 Å². The zero-order valence-electron chi connectivity index (χ0n) is 12.4. The fourth-order valence-electron chi connectivity index (χ4n) is 5.26. The Morgan fingerprint density at radius 2 is 2.24 bits per heavy atom. The van der Waals surface area contributed by atoms with Crippen molar-refractivity contribution in [3.8, 4) is 0 Å². The lowest BCUT2D eigenvalue weighted by atomic mass is 9.52. The van der Waals surface area contributed by atoms with Gasteiger partial charge in [0.15, 0.2) is 0 Å². The third-order valence-electron chi connectivity index (χ3n) is 6.07. The summed E-state index contributed by atoms with van der Waals surface area (Å²) in [5, 5.41) is 12.8. The molecule has 0 amide bonds. The monoisotopic (exact) mass is 285 g/mol. The Kier molecular flexibility index (Phi) is 3.07. The zero-order chi connectivity index (χ0) is 14.4. The third-order valence-corrected chi connectivity index (χ3v) is 6.07. The highest BCUT2D eigenvalue weighted by molar-refractivity contribution is 5.70. The van der Waals surface area contributed by atoms with Gasteiger partial charge in [-0.25, -0.2) is 0 Å². The highest BCUT2D eigenvalue weighted by Crippen LogP contribution is 2.53. The molecule has 1 aromatic carbocycles. The van der Waals surface area contributed by atoms with Gasteiger partial charge in [-0.3, -0.25) is 4.79 Å². The molecule has 2 bridgehead atoms. The molecular formula is C18H23NO2. The van der Waals surface area contributed by atoms with E-state index in [1.54, 1.807) is 0 Å². The molecule has 3 aliphatic rings. The molecule has 3 heteroatoms. The summed E-state index contributed by atoms with van der Waals surface area (Å²) in [4.78, 5) is 11.0. The topological polar surface area (TPSA) is 49.3 Å². The fraction of sp³-hybridized carbons (Fsp3) is 0.611. The Balaban J connectivity index is 1.81. The number of hydrogen-bond donors (Lipinski definition) is 2. The first-order valence-electron chi connectivity index (χ1n) is 8.26. The highest BCUT2D eigenvalue weighted by atomic mass is 16.4.